The summed E-state index contributed by atoms with van der Waals surface area (Å²) in [5.74, 6) is -1.60. The maximum Gasteiger partial charge on any atom is 0.472 e. The van der Waals surface area contributed by atoms with Gasteiger partial charge in [-0.1, -0.05) is 265 Å². The number of allylic oxidation sites excluding steroid dienone is 18. The van der Waals surface area contributed by atoms with Crippen LogP contribution in [0.5, 0.6) is 0 Å². The molecule has 0 aromatic carbocycles. The van der Waals surface area contributed by atoms with Crippen molar-refractivity contribution in [2.45, 2.75) is 296 Å². The van der Waals surface area contributed by atoms with Gasteiger partial charge in [0.25, 0.3) is 0 Å². The zero-order valence-electron chi connectivity index (χ0n) is 56.7. The minimum Gasteiger partial charge on any atom is -0.463 e. The highest BCUT2D eigenvalue weighted by Gasteiger charge is 2.29. The molecule has 0 fully saturated rings. The smallest absolute Gasteiger partial charge is 0.463 e. The van der Waals surface area contributed by atoms with Gasteiger partial charge in [0.2, 0.25) is 0 Å². The monoisotopic (exact) mass is 1320 g/mol. The van der Waals surface area contributed by atoms with Crippen molar-refractivity contribution in [3.05, 3.63) is 109 Å². The summed E-state index contributed by atoms with van der Waals surface area (Å²) in [6, 6.07) is 0. The summed E-state index contributed by atoms with van der Waals surface area (Å²) in [4.78, 5) is 58.3. The number of phosphoric acid groups is 2. The van der Waals surface area contributed by atoms with Crippen molar-refractivity contribution in [3.63, 3.8) is 0 Å². The number of aliphatic hydroxyl groups excluding tert-OH is 2. The standard InChI is InChI=1S/C73H126O16P2/c1-4-7-10-13-16-19-22-24-26-28-29-30-31-32-33-34-35-36-37-39-41-42-45-47-50-53-56-59-71(76)83-62-68(74)63-85-90(79,80)86-64-69(75)65-87-91(81,82)88-67-70(89-73(78)61-58-55-52-49-44-21-18-15-12-9-6-3)66-84-72(77)60-57-54-51-48-46-43-40-38-27-25-23-20-17-14-11-8-5-2/h7-8,10-11,16-17,19-20,24-27,29-30,32-33,40,43,68-70,74-75H,4-6,9,12-15,18,21-23,28,31,34-39,41-42,44-67H2,1-3H3,(H,79,80)(H,81,82)/b10-7-,11-8-,19-16-,20-17-,26-24-,27-25-,30-29-,33-32-,43-40-. The first-order chi connectivity index (χ1) is 44.2. The summed E-state index contributed by atoms with van der Waals surface area (Å²) in [6.07, 6.45) is 74.4. The fourth-order valence-electron chi connectivity index (χ4n) is 9.18. The maximum atomic E-state index is 12.9. The van der Waals surface area contributed by atoms with E-state index in [0.29, 0.717) is 19.3 Å². The fraction of sp³-hybridized carbons (Fsp3) is 0.712. The summed E-state index contributed by atoms with van der Waals surface area (Å²) in [7, 11) is -9.78. The molecule has 0 aliphatic heterocycles. The topological polar surface area (TPSA) is 231 Å². The second-order valence-corrected chi connectivity index (χ2v) is 26.2. The molecule has 0 radical (unpaired) electrons. The number of ether oxygens (including phenoxy) is 3. The molecule has 0 aliphatic rings. The highest BCUT2D eigenvalue weighted by Crippen LogP contribution is 2.45. The molecule has 16 nitrogen and oxygen atoms in total. The van der Waals surface area contributed by atoms with Gasteiger partial charge in [-0.25, -0.2) is 9.13 Å². The van der Waals surface area contributed by atoms with Crippen molar-refractivity contribution in [2.75, 3.05) is 39.6 Å². The van der Waals surface area contributed by atoms with Crippen LogP contribution in [0.4, 0.5) is 0 Å². The van der Waals surface area contributed by atoms with Crippen molar-refractivity contribution < 1.29 is 75.8 Å². The normalized spacial score (nSPS) is 14.8. The number of phosphoric ester groups is 2. The van der Waals surface area contributed by atoms with Crippen LogP contribution < -0.4 is 0 Å². The molecule has 0 aromatic heterocycles. The Balaban J connectivity index is 4.48. The second kappa shape index (κ2) is 66.2. The van der Waals surface area contributed by atoms with Gasteiger partial charge in [0.05, 0.1) is 26.4 Å². The predicted octanol–water partition coefficient (Wildman–Crippen LogP) is 19.6. The first-order valence-corrected chi connectivity index (χ1v) is 38.2. The van der Waals surface area contributed by atoms with E-state index in [1.165, 1.54) is 83.5 Å². The summed E-state index contributed by atoms with van der Waals surface area (Å²) in [5, 5.41) is 20.6. The SMILES string of the molecule is CC/C=C\C/C=C\C/C=C\C/C=C\C/C=C\CCCCCCCCCCCCCC(=O)OCC(O)COP(=O)(O)OCC(O)COP(=O)(O)OCC(COC(=O)CCCCCC/C=C\C/C=C\C/C=C\C/C=C\CC)OC(=O)CCCCCCCCCCCCC. The van der Waals surface area contributed by atoms with Crippen LogP contribution in [0.2, 0.25) is 0 Å². The molecule has 0 spiro atoms. The van der Waals surface area contributed by atoms with Gasteiger partial charge in [0.15, 0.2) is 6.10 Å². The number of esters is 3. The number of aliphatic hydroxyl groups is 2. The Labute approximate surface area is 551 Å². The molecule has 4 N–H and O–H groups in total. The summed E-state index contributed by atoms with van der Waals surface area (Å²) in [6.45, 7) is 2.40. The van der Waals surface area contributed by atoms with Crippen LogP contribution >= 0.6 is 15.6 Å². The van der Waals surface area contributed by atoms with E-state index in [2.05, 4.69) is 130 Å². The minimum absolute atomic E-state index is 0.100. The van der Waals surface area contributed by atoms with E-state index in [0.717, 1.165) is 135 Å². The van der Waals surface area contributed by atoms with E-state index in [9.17, 15) is 43.5 Å². The number of hydrogen-bond donors (Lipinski definition) is 4. The molecular formula is C73H126O16P2. The Morgan fingerprint density at radius 1 is 0.319 bits per heavy atom. The third kappa shape index (κ3) is 67.4. The van der Waals surface area contributed by atoms with Crippen LogP contribution in [0.25, 0.3) is 0 Å². The van der Waals surface area contributed by atoms with Crippen LogP contribution in [0.1, 0.15) is 278 Å². The molecule has 524 valence electrons. The Bertz CT molecular complexity index is 2100. The molecule has 0 saturated carbocycles. The van der Waals surface area contributed by atoms with Gasteiger partial charge in [0.1, 0.15) is 25.4 Å². The third-order valence-corrected chi connectivity index (χ3v) is 16.4. The zero-order chi connectivity index (χ0) is 66.7. The Morgan fingerprint density at radius 2 is 0.582 bits per heavy atom. The molecule has 91 heavy (non-hydrogen) atoms. The van der Waals surface area contributed by atoms with Gasteiger partial charge < -0.3 is 34.2 Å². The first kappa shape index (κ1) is 87.2. The third-order valence-electron chi connectivity index (χ3n) is 14.5. The molecule has 18 heteroatoms. The van der Waals surface area contributed by atoms with E-state index in [1.54, 1.807) is 0 Å². The molecule has 0 aliphatic carbocycles. The van der Waals surface area contributed by atoms with Crippen molar-refractivity contribution in [2.24, 2.45) is 0 Å². The molecule has 5 unspecified atom stereocenters. The lowest BCUT2D eigenvalue weighted by atomic mass is 10.0. The van der Waals surface area contributed by atoms with Gasteiger partial charge in [-0.05, 0) is 103 Å². The maximum absolute atomic E-state index is 12.9. The van der Waals surface area contributed by atoms with E-state index in [4.69, 9.17) is 32.3 Å². The fourth-order valence-corrected chi connectivity index (χ4v) is 10.8. The Morgan fingerprint density at radius 3 is 0.923 bits per heavy atom. The van der Waals surface area contributed by atoms with Crippen LogP contribution in [-0.2, 0) is 55.8 Å². The number of carbonyl (C=O) groups excluding carboxylic acids is 3. The number of carbonyl (C=O) groups is 3. The number of unbranched alkanes of at least 4 members (excludes halogenated alkanes) is 25. The lowest BCUT2D eigenvalue weighted by Crippen LogP contribution is -2.30. The average Bonchev–Trinajstić information content (AvgIpc) is 3.69. The number of rotatable bonds is 66. The van der Waals surface area contributed by atoms with Crippen molar-refractivity contribution >= 4 is 33.6 Å². The lowest BCUT2D eigenvalue weighted by Gasteiger charge is -2.21. The minimum atomic E-state index is -4.92. The van der Waals surface area contributed by atoms with Gasteiger partial charge >= 0.3 is 33.6 Å². The van der Waals surface area contributed by atoms with E-state index in [-0.39, 0.29) is 19.3 Å². The second-order valence-electron chi connectivity index (χ2n) is 23.3. The van der Waals surface area contributed by atoms with Crippen LogP contribution in [0.15, 0.2) is 109 Å². The molecule has 0 saturated heterocycles. The molecule has 0 heterocycles. The lowest BCUT2D eigenvalue weighted by molar-refractivity contribution is -0.161. The predicted molar refractivity (Wildman–Crippen MR) is 371 cm³/mol. The highest BCUT2D eigenvalue weighted by atomic mass is 31.2. The van der Waals surface area contributed by atoms with Crippen molar-refractivity contribution in [3.8, 4) is 0 Å². The average molecular weight is 1320 g/mol. The van der Waals surface area contributed by atoms with E-state index >= 15 is 0 Å². The Hall–Kier alpha value is -3.79. The molecule has 0 aromatic rings. The Kier molecular flexibility index (Phi) is 63.5. The molecule has 0 amide bonds. The highest BCUT2D eigenvalue weighted by molar-refractivity contribution is 7.47. The molecular weight excluding hydrogens is 1190 g/mol. The van der Waals surface area contributed by atoms with Crippen molar-refractivity contribution in [1.82, 2.24) is 0 Å². The van der Waals surface area contributed by atoms with Gasteiger partial charge in [0, 0.05) is 19.3 Å². The number of hydrogen-bond acceptors (Lipinski definition) is 14. The largest absolute Gasteiger partial charge is 0.472 e. The van der Waals surface area contributed by atoms with Gasteiger partial charge in [-0.3, -0.25) is 32.5 Å². The van der Waals surface area contributed by atoms with Gasteiger partial charge in [-0.15, -0.1) is 0 Å². The molecule has 0 rings (SSSR count). The van der Waals surface area contributed by atoms with Crippen LogP contribution in [-0.4, -0.2) is 95.9 Å². The molecule has 5 atom stereocenters. The van der Waals surface area contributed by atoms with E-state index < -0.39 is 91.5 Å². The zero-order valence-corrected chi connectivity index (χ0v) is 58.5. The van der Waals surface area contributed by atoms with Crippen molar-refractivity contribution in [1.29, 1.82) is 0 Å². The molecule has 0 bridgehead atoms. The van der Waals surface area contributed by atoms with Gasteiger partial charge in [-0.2, -0.15) is 0 Å². The van der Waals surface area contributed by atoms with Crippen LogP contribution in [0.3, 0.4) is 0 Å². The van der Waals surface area contributed by atoms with E-state index in [1.807, 2.05) is 0 Å². The summed E-state index contributed by atoms with van der Waals surface area (Å²) < 4.78 is 60.8. The first-order valence-electron chi connectivity index (χ1n) is 35.2. The van der Waals surface area contributed by atoms with Crippen LogP contribution in [0, 0.1) is 0 Å². The quantitative estimate of drug-likeness (QED) is 0.0146. The summed E-state index contributed by atoms with van der Waals surface area (Å²) in [5.41, 5.74) is 0. The summed E-state index contributed by atoms with van der Waals surface area (Å²) >= 11 is 0.